The number of halogens is 4. The van der Waals surface area contributed by atoms with E-state index in [1.54, 1.807) is 11.3 Å². The summed E-state index contributed by atoms with van der Waals surface area (Å²) in [4.78, 5) is 3.63. The van der Waals surface area contributed by atoms with Crippen LogP contribution in [0.5, 0.6) is 0 Å². The van der Waals surface area contributed by atoms with Gasteiger partial charge in [0.1, 0.15) is 0 Å². The van der Waals surface area contributed by atoms with Gasteiger partial charge in [-0.2, -0.15) is 13.2 Å². The first-order valence-electron chi connectivity index (χ1n) is 9.39. The number of rotatable bonds is 4. The molecule has 3 aromatic rings. The summed E-state index contributed by atoms with van der Waals surface area (Å²) in [5, 5.41) is 3.38. The lowest BCUT2D eigenvalue weighted by Crippen LogP contribution is -2.45. The molecule has 1 N–H and O–H groups in total. The molecule has 1 saturated heterocycles. The molecule has 1 atom stereocenters. The molecular formula is C22H20ClF3N2S. The van der Waals surface area contributed by atoms with E-state index in [1.807, 2.05) is 18.2 Å². The molecule has 1 fully saturated rings. The van der Waals surface area contributed by atoms with Crippen molar-refractivity contribution in [2.45, 2.75) is 12.2 Å². The standard InChI is InChI=1S/C22H20ClF3N2S/c23-20-10-9-19(29-20)21(28-13-11-27-12-14-28)17-3-1-15(2-4-17)16-5-7-18(8-6-16)22(24,25)26/h1-10,21,27H,11-14H2/t21-/m0/s1. The molecular weight excluding hydrogens is 417 g/mol. The van der Waals surface area contributed by atoms with Crippen LogP contribution in [0, 0.1) is 0 Å². The summed E-state index contributed by atoms with van der Waals surface area (Å²) in [5.74, 6) is 0. The zero-order chi connectivity index (χ0) is 20.4. The molecule has 152 valence electrons. The van der Waals surface area contributed by atoms with Crippen LogP contribution in [0.25, 0.3) is 11.1 Å². The van der Waals surface area contributed by atoms with E-state index >= 15 is 0 Å². The van der Waals surface area contributed by atoms with Crippen LogP contribution >= 0.6 is 22.9 Å². The van der Waals surface area contributed by atoms with Gasteiger partial charge in [0.05, 0.1) is 15.9 Å². The molecule has 2 aromatic carbocycles. The number of nitrogens with one attached hydrogen (secondary N) is 1. The zero-order valence-electron chi connectivity index (χ0n) is 15.5. The monoisotopic (exact) mass is 436 g/mol. The van der Waals surface area contributed by atoms with Crippen molar-refractivity contribution < 1.29 is 13.2 Å². The molecule has 1 aliphatic rings. The lowest BCUT2D eigenvalue weighted by molar-refractivity contribution is -0.137. The number of piperazine rings is 1. The molecule has 0 amide bonds. The summed E-state index contributed by atoms with van der Waals surface area (Å²) in [5.41, 5.74) is 2.18. The first kappa shape index (κ1) is 20.4. The number of nitrogens with zero attached hydrogens (tertiary/aromatic N) is 1. The molecule has 1 aliphatic heterocycles. The Kier molecular flexibility index (Phi) is 5.97. The molecule has 0 unspecified atom stereocenters. The second-order valence-corrected chi connectivity index (χ2v) is 8.77. The highest BCUT2D eigenvalue weighted by molar-refractivity contribution is 7.16. The minimum absolute atomic E-state index is 0.122. The van der Waals surface area contributed by atoms with Gasteiger partial charge in [-0.1, -0.05) is 48.0 Å². The van der Waals surface area contributed by atoms with Crippen molar-refractivity contribution in [1.29, 1.82) is 0 Å². The molecule has 0 bridgehead atoms. The third-order valence-electron chi connectivity index (χ3n) is 5.15. The van der Waals surface area contributed by atoms with E-state index < -0.39 is 11.7 Å². The molecule has 0 radical (unpaired) electrons. The Labute approximate surface area is 176 Å². The third-order valence-corrected chi connectivity index (χ3v) is 6.44. The number of hydrogen-bond donors (Lipinski definition) is 1. The Balaban J connectivity index is 1.61. The number of hydrogen-bond acceptors (Lipinski definition) is 3. The fourth-order valence-corrected chi connectivity index (χ4v) is 4.90. The predicted molar refractivity (Wildman–Crippen MR) is 112 cm³/mol. The van der Waals surface area contributed by atoms with Gasteiger partial charge < -0.3 is 5.32 Å². The third kappa shape index (κ3) is 4.67. The van der Waals surface area contributed by atoms with E-state index in [9.17, 15) is 13.2 Å². The van der Waals surface area contributed by atoms with E-state index in [2.05, 4.69) is 28.4 Å². The molecule has 4 rings (SSSR count). The second-order valence-electron chi connectivity index (χ2n) is 7.03. The Hall–Kier alpha value is -1.86. The smallest absolute Gasteiger partial charge is 0.314 e. The minimum atomic E-state index is -4.32. The first-order valence-corrected chi connectivity index (χ1v) is 10.6. The van der Waals surface area contributed by atoms with Gasteiger partial charge >= 0.3 is 6.18 Å². The Morgan fingerprint density at radius 1 is 0.862 bits per heavy atom. The van der Waals surface area contributed by atoms with E-state index in [0.29, 0.717) is 0 Å². The Bertz CT molecular complexity index is 945. The van der Waals surface area contributed by atoms with E-state index in [0.717, 1.165) is 59.3 Å². The molecule has 0 spiro atoms. The van der Waals surface area contributed by atoms with Crippen molar-refractivity contribution in [3.63, 3.8) is 0 Å². The summed E-state index contributed by atoms with van der Waals surface area (Å²) < 4.78 is 39.1. The van der Waals surface area contributed by atoms with Crippen LogP contribution in [0.4, 0.5) is 13.2 Å². The number of thiophene rings is 1. The van der Waals surface area contributed by atoms with Crippen LogP contribution in [-0.4, -0.2) is 31.1 Å². The lowest BCUT2D eigenvalue weighted by Gasteiger charge is -2.34. The quantitative estimate of drug-likeness (QED) is 0.533. The maximum Gasteiger partial charge on any atom is 0.416 e. The summed E-state index contributed by atoms with van der Waals surface area (Å²) in [6.07, 6.45) is -4.32. The topological polar surface area (TPSA) is 15.3 Å². The molecule has 0 aliphatic carbocycles. The van der Waals surface area contributed by atoms with Crippen molar-refractivity contribution in [3.8, 4) is 11.1 Å². The van der Waals surface area contributed by atoms with Crippen LogP contribution < -0.4 is 5.32 Å². The molecule has 2 heterocycles. The van der Waals surface area contributed by atoms with Crippen LogP contribution in [0.2, 0.25) is 4.34 Å². The van der Waals surface area contributed by atoms with Gasteiger partial charge in [0.15, 0.2) is 0 Å². The maximum absolute atomic E-state index is 12.8. The van der Waals surface area contributed by atoms with Gasteiger partial charge in [-0.3, -0.25) is 4.90 Å². The van der Waals surface area contributed by atoms with E-state index in [-0.39, 0.29) is 6.04 Å². The molecule has 2 nitrogen and oxygen atoms in total. The van der Waals surface area contributed by atoms with Crippen molar-refractivity contribution in [2.24, 2.45) is 0 Å². The second kappa shape index (κ2) is 8.48. The first-order chi connectivity index (χ1) is 13.9. The Morgan fingerprint density at radius 3 is 1.97 bits per heavy atom. The summed E-state index contributed by atoms with van der Waals surface area (Å²) in [6.45, 7) is 3.78. The SMILES string of the molecule is FC(F)(F)c1ccc(-c2ccc([C@@H](c3ccc(Cl)s3)N3CCNCC3)cc2)cc1. The van der Waals surface area contributed by atoms with E-state index in [1.165, 1.54) is 17.0 Å². The van der Waals surface area contributed by atoms with Gasteiger partial charge in [0, 0.05) is 31.1 Å². The van der Waals surface area contributed by atoms with Crippen molar-refractivity contribution in [2.75, 3.05) is 26.2 Å². The van der Waals surface area contributed by atoms with Gasteiger partial charge in [0.25, 0.3) is 0 Å². The molecule has 0 saturated carbocycles. The molecule has 29 heavy (non-hydrogen) atoms. The molecule has 7 heteroatoms. The van der Waals surface area contributed by atoms with Crippen molar-refractivity contribution >= 4 is 22.9 Å². The fraction of sp³-hybridized carbons (Fsp3) is 0.273. The van der Waals surface area contributed by atoms with Gasteiger partial charge in [-0.05, 0) is 41.0 Å². The highest BCUT2D eigenvalue weighted by atomic mass is 35.5. The summed E-state index contributed by atoms with van der Waals surface area (Å²) in [6, 6.07) is 17.5. The number of alkyl halides is 3. The van der Waals surface area contributed by atoms with Gasteiger partial charge in [0.2, 0.25) is 0 Å². The summed E-state index contributed by atoms with van der Waals surface area (Å²) >= 11 is 7.77. The average Bonchev–Trinajstić information content (AvgIpc) is 3.15. The normalized spacial score (nSPS) is 16.7. The predicted octanol–water partition coefficient (Wildman–Crippen LogP) is 6.08. The number of benzene rings is 2. The highest BCUT2D eigenvalue weighted by Gasteiger charge is 2.30. The maximum atomic E-state index is 12.8. The zero-order valence-corrected chi connectivity index (χ0v) is 17.1. The van der Waals surface area contributed by atoms with Gasteiger partial charge in [-0.15, -0.1) is 11.3 Å². The Morgan fingerprint density at radius 2 is 1.45 bits per heavy atom. The summed E-state index contributed by atoms with van der Waals surface area (Å²) in [7, 11) is 0. The van der Waals surface area contributed by atoms with Crippen LogP contribution in [0.1, 0.15) is 22.0 Å². The van der Waals surface area contributed by atoms with Crippen LogP contribution in [0.15, 0.2) is 60.7 Å². The highest BCUT2D eigenvalue weighted by Crippen LogP contribution is 2.36. The van der Waals surface area contributed by atoms with Crippen LogP contribution in [0.3, 0.4) is 0 Å². The van der Waals surface area contributed by atoms with Crippen LogP contribution in [-0.2, 0) is 6.18 Å². The average molecular weight is 437 g/mol. The van der Waals surface area contributed by atoms with Crippen molar-refractivity contribution in [3.05, 3.63) is 81.0 Å². The lowest BCUT2D eigenvalue weighted by atomic mass is 9.98. The van der Waals surface area contributed by atoms with Gasteiger partial charge in [-0.25, -0.2) is 0 Å². The molecule has 1 aromatic heterocycles. The van der Waals surface area contributed by atoms with E-state index in [4.69, 9.17) is 11.6 Å². The fourth-order valence-electron chi connectivity index (χ4n) is 3.68. The minimum Gasteiger partial charge on any atom is -0.314 e. The van der Waals surface area contributed by atoms with Crippen molar-refractivity contribution in [1.82, 2.24) is 10.2 Å². The largest absolute Gasteiger partial charge is 0.416 e.